The molecule has 1 N–H and O–H groups in total. The Morgan fingerprint density at radius 3 is 2.47 bits per heavy atom. The summed E-state index contributed by atoms with van der Waals surface area (Å²) < 4.78 is 0. The zero-order valence-electron chi connectivity index (χ0n) is 10.8. The Morgan fingerprint density at radius 1 is 1.40 bits per heavy atom. The number of aliphatic hydroxyl groups is 1. The van der Waals surface area contributed by atoms with Gasteiger partial charge in [-0.1, -0.05) is 20.3 Å². The Morgan fingerprint density at radius 2 is 2.07 bits per heavy atom. The maximum absolute atomic E-state index is 9.52. The molecule has 0 aromatic heterocycles. The molecule has 0 aromatic rings. The summed E-state index contributed by atoms with van der Waals surface area (Å²) in [4.78, 5) is 2.55. The molecule has 1 fully saturated rings. The lowest BCUT2D eigenvalue weighted by atomic mass is 9.85. The summed E-state index contributed by atoms with van der Waals surface area (Å²) >= 11 is 0. The molecule has 0 aromatic carbocycles. The van der Waals surface area contributed by atoms with E-state index in [0.29, 0.717) is 12.1 Å². The van der Waals surface area contributed by atoms with Gasteiger partial charge in [-0.2, -0.15) is 0 Å². The standard InChI is InChI=1S/C13H27NO/c1-5-7-13(4,11-15)10-14-9-6-8-12(14,2)3/h15H,5-11H2,1-4H3. The second-order valence-electron chi connectivity index (χ2n) is 6.06. The predicted octanol–water partition coefficient (Wildman–Crippen LogP) is 2.66. The molecule has 90 valence electrons. The first-order chi connectivity index (χ1) is 6.93. The van der Waals surface area contributed by atoms with Crippen LogP contribution in [0.15, 0.2) is 0 Å². The van der Waals surface area contributed by atoms with E-state index in [-0.39, 0.29) is 5.41 Å². The van der Waals surface area contributed by atoms with Crippen LogP contribution in [0, 0.1) is 5.41 Å². The van der Waals surface area contributed by atoms with Crippen molar-refractivity contribution in [3.8, 4) is 0 Å². The van der Waals surface area contributed by atoms with Gasteiger partial charge in [0.15, 0.2) is 0 Å². The van der Waals surface area contributed by atoms with Crippen LogP contribution in [0.5, 0.6) is 0 Å². The summed E-state index contributed by atoms with van der Waals surface area (Å²) in [5.41, 5.74) is 0.431. The molecule has 0 amide bonds. The van der Waals surface area contributed by atoms with Crippen LogP contribution in [0.2, 0.25) is 0 Å². The summed E-state index contributed by atoms with van der Waals surface area (Å²) in [6, 6.07) is 0. The molecule has 0 radical (unpaired) electrons. The lowest BCUT2D eigenvalue weighted by molar-refractivity contribution is 0.0521. The fourth-order valence-electron chi connectivity index (χ4n) is 2.73. The summed E-state index contributed by atoms with van der Waals surface area (Å²) in [5.74, 6) is 0. The van der Waals surface area contributed by atoms with E-state index in [2.05, 4.69) is 32.6 Å². The van der Waals surface area contributed by atoms with Gasteiger partial charge in [-0.3, -0.25) is 4.90 Å². The second-order valence-corrected chi connectivity index (χ2v) is 6.06. The third-order valence-electron chi connectivity index (χ3n) is 3.88. The minimum absolute atomic E-state index is 0.0936. The molecule has 0 spiro atoms. The van der Waals surface area contributed by atoms with Crippen LogP contribution in [0.25, 0.3) is 0 Å². The molecular weight excluding hydrogens is 186 g/mol. The quantitative estimate of drug-likeness (QED) is 0.759. The largest absolute Gasteiger partial charge is 0.396 e. The summed E-state index contributed by atoms with van der Waals surface area (Å²) in [6.45, 7) is 11.6. The van der Waals surface area contributed by atoms with Gasteiger partial charge in [-0.15, -0.1) is 0 Å². The Labute approximate surface area is 94.7 Å². The molecule has 2 heteroatoms. The van der Waals surface area contributed by atoms with Crippen molar-refractivity contribution in [3.63, 3.8) is 0 Å². The van der Waals surface area contributed by atoms with Crippen LogP contribution in [0.3, 0.4) is 0 Å². The van der Waals surface area contributed by atoms with Crippen molar-refractivity contribution in [1.82, 2.24) is 4.90 Å². The van der Waals surface area contributed by atoms with E-state index < -0.39 is 0 Å². The van der Waals surface area contributed by atoms with Gasteiger partial charge in [0.25, 0.3) is 0 Å². The summed E-state index contributed by atoms with van der Waals surface area (Å²) in [5, 5.41) is 9.52. The van der Waals surface area contributed by atoms with Crippen LogP contribution < -0.4 is 0 Å². The third-order valence-corrected chi connectivity index (χ3v) is 3.88. The third kappa shape index (κ3) is 3.18. The van der Waals surface area contributed by atoms with E-state index in [1.165, 1.54) is 19.4 Å². The van der Waals surface area contributed by atoms with Gasteiger partial charge in [-0.25, -0.2) is 0 Å². The van der Waals surface area contributed by atoms with Crippen molar-refractivity contribution in [2.24, 2.45) is 5.41 Å². The first kappa shape index (κ1) is 13.0. The normalized spacial score (nSPS) is 25.4. The molecule has 1 heterocycles. The molecule has 0 aliphatic carbocycles. The minimum atomic E-state index is 0.0936. The molecule has 15 heavy (non-hydrogen) atoms. The van der Waals surface area contributed by atoms with E-state index in [1.54, 1.807) is 0 Å². The maximum Gasteiger partial charge on any atom is 0.0497 e. The molecule has 2 nitrogen and oxygen atoms in total. The zero-order valence-corrected chi connectivity index (χ0v) is 10.8. The number of rotatable bonds is 5. The van der Waals surface area contributed by atoms with E-state index in [4.69, 9.17) is 0 Å². The monoisotopic (exact) mass is 213 g/mol. The molecule has 0 saturated carbocycles. The number of hydrogen-bond acceptors (Lipinski definition) is 2. The molecule has 1 saturated heterocycles. The average molecular weight is 213 g/mol. The van der Waals surface area contributed by atoms with Crippen LogP contribution >= 0.6 is 0 Å². The Kier molecular flexibility index (Phi) is 4.19. The highest BCUT2D eigenvalue weighted by molar-refractivity contribution is 4.91. The lowest BCUT2D eigenvalue weighted by Crippen LogP contribution is -2.45. The van der Waals surface area contributed by atoms with Gasteiger partial charge < -0.3 is 5.11 Å². The minimum Gasteiger partial charge on any atom is -0.396 e. The Balaban J connectivity index is 2.58. The summed E-state index contributed by atoms with van der Waals surface area (Å²) in [6.07, 6.45) is 4.88. The van der Waals surface area contributed by atoms with Crippen molar-refractivity contribution >= 4 is 0 Å². The molecule has 0 bridgehead atoms. The number of likely N-dealkylation sites (tertiary alicyclic amines) is 1. The van der Waals surface area contributed by atoms with Crippen LogP contribution in [0.1, 0.15) is 53.4 Å². The fourth-order valence-corrected chi connectivity index (χ4v) is 2.73. The van der Waals surface area contributed by atoms with Gasteiger partial charge in [0.2, 0.25) is 0 Å². The molecule has 1 unspecified atom stereocenters. The van der Waals surface area contributed by atoms with Crippen LogP contribution in [-0.2, 0) is 0 Å². The van der Waals surface area contributed by atoms with Gasteiger partial charge in [0, 0.05) is 24.1 Å². The van der Waals surface area contributed by atoms with Crippen LogP contribution in [-0.4, -0.2) is 35.2 Å². The first-order valence-electron chi connectivity index (χ1n) is 6.29. The van der Waals surface area contributed by atoms with Crippen molar-refractivity contribution < 1.29 is 5.11 Å². The van der Waals surface area contributed by atoms with E-state index in [1.807, 2.05) is 0 Å². The average Bonchev–Trinajstić information content (AvgIpc) is 2.46. The number of nitrogens with zero attached hydrogens (tertiary/aromatic N) is 1. The topological polar surface area (TPSA) is 23.5 Å². The molecule has 1 aliphatic heterocycles. The van der Waals surface area contributed by atoms with Gasteiger partial charge in [0.1, 0.15) is 0 Å². The fraction of sp³-hybridized carbons (Fsp3) is 1.00. The Bertz CT molecular complexity index is 203. The zero-order chi connectivity index (χ0) is 11.5. The number of hydrogen-bond donors (Lipinski definition) is 1. The first-order valence-corrected chi connectivity index (χ1v) is 6.29. The second kappa shape index (κ2) is 4.84. The van der Waals surface area contributed by atoms with Crippen molar-refractivity contribution in [2.75, 3.05) is 19.7 Å². The smallest absolute Gasteiger partial charge is 0.0497 e. The van der Waals surface area contributed by atoms with Crippen molar-refractivity contribution in [2.45, 2.75) is 58.9 Å². The Hall–Kier alpha value is -0.0800. The maximum atomic E-state index is 9.52. The highest BCUT2D eigenvalue weighted by atomic mass is 16.3. The van der Waals surface area contributed by atoms with Crippen molar-refractivity contribution in [3.05, 3.63) is 0 Å². The van der Waals surface area contributed by atoms with Crippen molar-refractivity contribution in [1.29, 1.82) is 0 Å². The van der Waals surface area contributed by atoms with E-state index >= 15 is 0 Å². The van der Waals surface area contributed by atoms with Gasteiger partial charge in [-0.05, 0) is 39.7 Å². The predicted molar refractivity (Wildman–Crippen MR) is 65.0 cm³/mol. The molecule has 1 atom stereocenters. The highest BCUT2D eigenvalue weighted by Gasteiger charge is 2.36. The molecular formula is C13H27NO. The molecule has 1 rings (SSSR count). The highest BCUT2D eigenvalue weighted by Crippen LogP contribution is 2.33. The van der Waals surface area contributed by atoms with Crippen LogP contribution in [0.4, 0.5) is 0 Å². The van der Waals surface area contributed by atoms with E-state index in [0.717, 1.165) is 19.4 Å². The van der Waals surface area contributed by atoms with Gasteiger partial charge in [0.05, 0.1) is 0 Å². The van der Waals surface area contributed by atoms with E-state index in [9.17, 15) is 5.11 Å². The van der Waals surface area contributed by atoms with Gasteiger partial charge >= 0.3 is 0 Å². The lowest BCUT2D eigenvalue weighted by Gasteiger charge is -2.39. The molecule has 1 aliphatic rings. The SMILES string of the molecule is CCCC(C)(CO)CN1CCCC1(C)C. The summed E-state index contributed by atoms with van der Waals surface area (Å²) in [7, 11) is 0. The number of aliphatic hydroxyl groups excluding tert-OH is 1.